The topological polar surface area (TPSA) is 71.9 Å². The van der Waals surface area contributed by atoms with Crippen LogP contribution in [-0.2, 0) is 6.61 Å². The fourth-order valence-corrected chi connectivity index (χ4v) is 1.73. The van der Waals surface area contributed by atoms with E-state index < -0.39 is 5.82 Å². The van der Waals surface area contributed by atoms with Gasteiger partial charge in [-0.25, -0.2) is 9.37 Å². The molecule has 0 fully saturated rings. The summed E-state index contributed by atoms with van der Waals surface area (Å²) in [6.07, 6.45) is 1.53. The molecule has 0 aliphatic rings. The summed E-state index contributed by atoms with van der Waals surface area (Å²) in [6.45, 7) is 1.87. The molecule has 2 aromatic rings. The smallest absolute Gasteiger partial charge is 0.165 e. The summed E-state index contributed by atoms with van der Waals surface area (Å²) in [6, 6.07) is 9.77. The molecule has 1 aromatic carbocycles. The van der Waals surface area contributed by atoms with E-state index in [1.165, 1.54) is 18.3 Å². The Labute approximate surface area is 116 Å². The molecule has 4 nitrogen and oxygen atoms in total. The first-order valence-corrected chi connectivity index (χ1v) is 6.13. The molecule has 0 aliphatic heterocycles. The van der Waals surface area contributed by atoms with E-state index in [0.29, 0.717) is 11.1 Å². The van der Waals surface area contributed by atoms with Crippen LogP contribution in [0.25, 0.3) is 0 Å². The summed E-state index contributed by atoms with van der Waals surface area (Å²) in [5.41, 5.74) is 7.28. The van der Waals surface area contributed by atoms with E-state index in [0.717, 1.165) is 0 Å². The van der Waals surface area contributed by atoms with Gasteiger partial charge in [0.15, 0.2) is 11.6 Å². The van der Waals surface area contributed by atoms with E-state index in [1.54, 1.807) is 25.1 Å². The molecule has 102 valence electrons. The largest absolute Gasteiger partial charge is 0.486 e. The third kappa shape index (κ3) is 3.11. The van der Waals surface area contributed by atoms with Gasteiger partial charge >= 0.3 is 0 Å². The Bertz CT molecular complexity index is 650. The SMILES string of the molecule is C[C@@H](N)c1ccc(OCc2cccnc2C#N)c(F)c1. The molecule has 2 rings (SSSR count). The van der Waals surface area contributed by atoms with Crippen LogP contribution in [0.4, 0.5) is 4.39 Å². The van der Waals surface area contributed by atoms with Crippen molar-refractivity contribution in [1.29, 1.82) is 5.26 Å². The minimum atomic E-state index is -0.470. The van der Waals surface area contributed by atoms with E-state index in [2.05, 4.69) is 4.98 Å². The maximum atomic E-state index is 13.8. The number of ether oxygens (including phenoxy) is 1. The summed E-state index contributed by atoms with van der Waals surface area (Å²) in [5.74, 6) is -0.343. The molecule has 0 aliphatic carbocycles. The number of halogens is 1. The van der Waals surface area contributed by atoms with Gasteiger partial charge in [0.05, 0.1) is 0 Å². The van der Waals surface area contributed by atoms with Crippen molar-refractivity contribution in [3.63, 3.8) is 0 Å². The summed E-state index contributed by atoms with van der Waals surface area (Å²) < 4.78 is 19.2. The molecule has 0 unspecified atom stereocenters. The average molecular weight is 271 g/mol. The third-order valence-corrected chi connectivity index (χ3v) is 2.86. The van der Waals surface area contributed by atoms with E-state index in [4.69, 9.17) is 15.7 Å². The molecule has 0 radical (unpaired) electrons. The number of pyridine rings is 1. The summed E-state index contributed by atoms with van der Waals surface area (Å²) in [7, 11) is 0. The van der Waals surface area contributed by atoms with Gasteiger partial charge in [0.25, 0.3) is 0 Å². The number of aromatic nitrogens is 1. The van der Waals surface area contributed by atoms with Crippen molar-refractivity contribution < 1.29 is 9.13 Å². The normalized spacial score (nSPS) is 11.7. The highest BCUT2D eigenvalue weighted by molar-refractivity contribution is 5.33. The first kappa shape index (κ1) is 14.0. The highest BCUT2D eigenvalue weighted by Gasteiger charge is 2.09. The molecule has 0 saturated carbocycles. The van der Waals surface area contributed by atoms with Gasteiger partial charge in [0.2, 0.25) is 0 Å². The molecular weight excluding hydrogens is 257 g/mol. The van der Waals surface area contributed by atoms with Crippen LogP contribution in [0, 0.1) is 17.1 Å². The highest BCUT2D eigenvalue weighted by atomic mass is 19.1. The van der Waals surface area contributed by atoms with Crippen LogP contribution in [0.3, 0.4) is 0 Å². The zero-order valence-corrected chi connectivity index (χ0v) is 11.0. The standard InChI is InChI=1S/C15H14FN3O/c1-10(18)11-4-5-15(13(16)7-11)20-9-12-3-2-6-19-14(12)8-17/h2-7,10H,9,18H2,1H3/t10-/m1/s1. The first-order valence-electron chi connectivity index (χ1n) is 6.13. The lowest BCUT2D eigenvalue weighted by Gasteiger charge is -2.10. The average Bonchev–Trinajstić information content (AvgIpc) is 2.46. The Hall–Kier alpha value is -2.45. The first-order chi connectivity index (χ1) is 9.61. The summed E-state index contributed by atoms with van der Waals surface area (Å²) in [5, 5.41) is 8.91. The van der Waals surface area contributed by atoms with Gasteiger partial charge in [-0.3, -0.25) is 0 Å². The lowest BCUT2D eigenvalue weighted by Crippen LogP contribution is -2.06. The van der Waals surface area contributed by atoms with Crippen LogP contribution in [0.15, 0.2) is 36.5 Å². The van der Waals surface area contributed by atoms with Gasteiger partial charge in [-0.2, -0.15) is 5.26 Å². The van der Waals surface area contributed by atoms with E-state index in [1.807, 2.05) is 6.07 Å². The minimum Gasteiger partial charge on any atom is -0.486 e. The molecular formula is C15H14FN3O. The van der Waals surface area contributed by atoms with Crippen molar-refractivity contribution in [2.75, 3.05) is 0 Å². The summed E-state index contributed by atoms with van der Waals surface area (Å²) in [4.78, 5) is 3.92. The van der Waals surface area contributed by atoms with Crippen molar-refractivity contribution in [1.82, 2.24) is 4.98 Å². The van der Waals surface area contributed by atoms with Gasteiger partial charge in [-0.05, 0) is 30.7 Å². The maximum Gasteiger partial charge on any atom is 0.165 e. The molecule has 1 heterocycles. The van der Waals surface area contributed by atoms with Gasteiger partial charge in [-0.1, -0.05) is 12.1 Å². The molecule has 0 bridgehead atoms. The second kappa shape index (κ2) is 6.13. The van der Waals surface area contributed by atoms with Crippen molar-refractivity contribution in [3.8, 4) is 11.8 Å². The Morgan fingerprint density at radius 1 is 1.45 bits per heavy atom. The zero-order valence-electron chi connectivity index (χ0n) is 11.0. The van der Waals surface area contributed by atoms with Crippen LogP contribution >= 0.6 is 0 Å². The van der Waals surface area contributed by atoms with Crippen LogP contribution < -0.4 is 10.5 Å². The van der Waals surface area contributed by atoms with Crippen LogP contribution in [0.5, 0.6) is 5.75 Å². The van der Waals surface area contributed by atoms with Crippen molar-refractivity contribution >= 4 is 0 Å². The quantitative estimate of drug-likeness (QED) is 0.928. The van der Waals surface area contributed by atoms with Crippen LogP contribution in [-0.4, -0.2) is 4.98 Å². The van der Waals surface area contributed by atoms with Crippen LogP contribution in [0.1, 0.15) is 29.8 Å². The molecule has 1 atom stereocenters. The van der Waals surface area contributed by atoms with E-state index in [9.17, 15) is 4.39 Å². The minimum absolute atomic E-state index is 0.0885. The molecule has 1 aromatic heterocycles. The number of rotatable bonds is 4. The Morgan fingerprint density at radius 2 is 2.25 bits per heavy atom. The van der Waals surface area contributed by atoms with Crippen molar-refractivity contribution in [2.24, 2.45) is 5.73 Å². The van der Waals surface area contributed by atoms with E-state index in [-0.39, 0.29) is 24.1 Å². The highest BCUT2D eigenvalue weighted by Crippen LogP contribution is 2.22. The zero-order chi connectivity index (χ0) is 14.5. The van der Waals surface area contributed by atoms with Gasteiger partial charge in [-0.15, -0.1) is 0 Å². The number of benzene rings is 1. The molecule has 2 N–H and O–H groups in total. The Kier molecular flexibility index (Phi) is 4.28. The number of nitrogens with zero attached hydrogens (tertiary/aromatic N) is 2. The van der Waals surface area contributed by atoms with E-state index >= 15 is 0 Å². The molecule has 0 saturated heterocycles. The predicted octanol–water partition coefficient (Wildman–Crippen LogP) is 2.69. The number of hydrogen-bond acceptors (Lipinski definition) is 4. The second-order valence-corrected chi connectivity index (χ2v) is 4.39. The Morgan fingerprint density at radius 3 is 2.90 bits per heavy atom. The van der Waals surface area contributed by atoms with Gasteiger partial charge in [0.1, 0.15) is 18.4 Å². The van der Waals surface area contributed by atoms with Crippen molar-refractivity contribution in [3.05, 3.63) is 59.2 Å². The molecule has 0 spiro atoms. The lowest BCUT2D eigenvalue weighted by atomic mass is 10.1. The van der Waals surface area contributed by atoms with Gasteiger partial charge in [0, 0.05) is 17.8 Å². The molecule has 0 amide bonds. The van der Waals surface area contributed by atoms with Gasteiger partial charge < -0.3 is 10.5 Å². The predicted molar refractivity (Wildman–Crippen MR) is 72.3 cm³/mol. The van der Waals surface area contributed by atoms with Crippen molar-refractivity contribution in [2.45, 2.75) is 19.6 Å². The summed E-state index contributed by atoms with van der Waals surface area (Å²) >= 11 is 0. The fraction of sp³-hybridized carbons (Fsp3) is 0.200. The number of nitriles is 1. The van der Waals surface area contributed by atoms with Crippen LogP contribution in [0.2, 0.25) is 0 Å². The molecule has 5 heteroatoms. The number of hydrogen-bond donors (Lipinski definition) is 1. The Balaban J connectivity index is 2.14. The fourth-order valence-electron chi connectivity index (χ4n) is 1.73. The third-order valence-electron chi connectivity index (χ3n) is 2.86. The number of nitrogens with two attached hydrogens (primary N) is 1. The second-order valence-electron chi connectivity index (χ2n) is 4.39. The lowest BCUT2D eigenvalue weighted by molar-refractivity contribution is 0.289. The molecule has 20 heavy (non-hydrogen) atoms. The monoisotopic (exact) mass is 271 g/mol. The maximum absolute atomic E-state index is 13.8.